The van der Waals surface area contributed by atoms with E-state index in [1.807, 2.05) is 67.4 Å². The molecule has 0 radical (unpaired) electrons. The Kier molecular flexibility index (Phi) is 4.70. The van der Waals surface area contributed by atoms with Crippen molar-refractivity contribution in [3.05, 3.63) is 86.4 Å². The second-order valence-electron chi connectivity index (χ2n) is 6.25. The Morgan fingerprint density at radius 3 is 2.61 bits per heavy atom. The van der Waals surface area contributed by atoms with Gasteiger partial charge in [-0.05, 0) is 38.1 Å². The summed E-state index contributed by atoms with van der Waals surface area (Å²) in [5, 5.41) is 6.40. The first kappa shape index (κ1) is 18.0. The molecule has 1 aromatic carbocycles. The van der Waals surface area contributed by atoms with Crippen LogP contribution < -0.4 is 10.4 Å². The zero-order valence-electron chi connectivity index (χ0n) is 15.7. The van der Waals surface area contributed by atoms with Crippen LogP contribution in [0, 0.1) is 13.8 Å². The summed E-state index contributed by atoms with van der Waals surface area (Å²) >= 11 is 1.43. The van der Waals surface area contributed by atoms with Crippen molar-refractivity contribution in [2.75, 3.05) is 0 Å². The number of hydrogen-bond donors (Lipinski definition) is 0. The average Bonchev–Trinajstić information content (AvgIpc) is 3.38. The Balaban J connectivity index is 1.84. The number of aromatic nitrogens is 3. The van der Waals surface area contributed by atoms with Crippen molar-refractivity contribution in [2.45, 2.75) is 13.8 Å². The molecule has 0 spiro atoms. The molecule has 0 N–H and O–H groups in total. The third kappa shape index (κ3) is 3.18. The van der Waals surface area contributed by atoms with Gasteiger partial charge in [0.05, 0.1) is 29.6 Å². The molecule has 3 heterocycles. The molecule has 4 aromatic rings. The number of rotatable bonds is 4. The van der Waals surface area contributed by atoms with Gasteiger partial charge in [0, 0.05) is 12.4 Å². The molecule has 0 unspecified atom stereocenters. The van der Waals surface area contributed by atoms with E-state index in [9.17, 15) is 4.79 Å². The predicted molar refractivity (Wildman–Crippen MR) is 110 cm³/mol. The van der Waals surface area contributed by atoms with Gasteiger partial charge in [-0.3, -0.25) is 9.48 Å². The molecule has 0 saturated heterocycles. The zero-order chi connectivity index (χ0) is 19.7. The van der Waals surface area contributed by atoms with Crippen LogP contribution in [0.4, 0.5) is 5.69 Å². The van der Waals surface area contributed by atoms with Crippen LogP contribution in [0.5, 0.6) is 0 Å². The van der Waals surface area contributed by atoms with Gasteiger partial charge in [0.2, 0.25) is 4.80 Å². The molecular weight excluding hydrogens is 374 g/mol. The molecule has 8 heteroatoms. The van der Waals surface area contributed by atoms with Crippen LogP contribution in [0.2, 0.25) is 0 Å². The first-order chi connectivity index (χ1) is 13.6. The lowest BCUT2D eigenvalue weighted by Crippen LogP contribution is -2.19. The summed E-state index contributed by atoms with van der Waals surface area (Å²) in [7, 11) is 1.85. The molecule has 0 aliphatic heterocycles. The molecule has 142 valence electrons. The third-order valence-corrected chi connectivity index (χ3v) is 5.36. The Morgan fingerprint density at radius 1 is 1.11 bits per heavy atom. The van der Waals surface area contributed by atoms with Crippen molar-refractivity contribution in [1.82, 2.24) is 14.0 Å². The van der Waals surface area contributed by atoms with Gasteiger partial charge in [-0.2, -0.15) is 5.10 Å². The van der Waals surface area contributed by atoms with E-state index in [0.717, 1.165) is 17.1 Å². The monoisotopic (exact) mass is 393 g/mol. The Bertz CT molecular complexity index is 1250. The van der Waals surface area contributed by atoms with Crippen molar-refractivity contribution >= 4 is 23.2 Å². The summed E-state index contributed by atoms with van der Waals surface area (Å²) in [4.78, 5) is 18.3. The van der Waals surface area contributed by atoms with Crippen LogP contribution in [0.1, 0.15) is 17.1 Å². The lowest BCUT2D eigenvalue weighted by Gasteiger charge is -2.07. The summed E-state index contributed by atoms with van der Waals surface area (Å²) < 4.78 is 10.4. The second kappa shape index (κ2) is 7.32. The molecule has 0 aliphatic carbocycles. The summed E-state index contributed by atoms with van der Waals surface area (Å²) in [6, 6.07) is 13.1. The van der Waals surface area contributed by atoms with Crippen LogP contribution in [-0.2, 0) is 7.05 Å². The minimum atomic E-state index is -0.168. The topological polar surface area (TPSA) is 69.7 Å². The number of furan rings is 1. The number of benzene rings is 1. The number of hydrogen-bond acceptors (Lipinski definition) is 5. The molecule has 7 nitrogen and oxygen atoms in total. The number of para-hydroxylation sites is 1. The highest BCUT2D eigenvalue weighted by atomic mass is 32.1. The van der Waals surface area contributed by atoms with E-state index in [4.69, 9.17) is 4.42 Å². The van der Waals surface area contributed by atoms with E-state index in [0.29, 0.717) is 16.2 Å². The average molecular weight is 393 g/mol. The minimum absolute atomic E-state index is 0.168. The second-order valence-corrected chi connectivity index (χ2v) is 7.09. The van der Waals surface area contributed by atoms with Crippen molar-refractivity contribution in [1.29, 1.82) is 0 Å². The van der Waals surface area contributed by atoms with E-state index >= 15 is 0 Å². The smallest absolute Gasteiger partial charge is 0.297 e. The maximum Gasteiger partial charge on any atom is 0.297 e. The van der Waals surface area contributed by atoms with Gasteiger partial charge in [-0.25, -0.2) is 14.4 Å². The maximum atomic E-state index is 13.1. The lowest BCUT2D eigenvalue weighted by molar-refractivity contribution is 0.559. The van der Waals surface area contributed by atoms with E-state index in [1.165, 1.54) is 11.3 Å². The zero-order valence-corrected chi connectivity index (χ0v) is 16.6. The number of aryl methyl sites for hydroxylation is 1. The Hall–Kier alpha value is -3.39. The van der Waals surface area contributed by atoms with Crippen LogP contribution in [0.25, 0.3) is 5.69 Å². The van der Waals surface area contributed by atoms with Crippen molar-refractivity contribution in [3.8, 4) is 5.69 Å². The van der Waals surface area contributed by atoms with Crippen molar-refractivity contribution in [2.24, 2.45) is 17.1 Å². The van der Waals surface area contributed by atoms with Gasteiger partial charge in [0.15, 0.2) is 5.69 Å². The van der Waals surface area contributed by atoms with E-state index < -0.39 is 0 Å². The highest BCUT2D eigenvalue weighted by Gasteiger charge is 2.16. The fourth-order valence-corrected chi connectivity index (χ4v) is 3.67. The summed E-state index contributed by atoms with van der Waals surface area (Å²) in [6.07, 6.45) is 3.22. The summed E-state index contributed by atoms with van der Waals surface area (Å²) in [5.41, 5.74) is 2.73. The van der Waals surface area contributed by atoms with E-state index in [-0.39, 0.29) is 5.56 Å². The molecule has 3 aromatic heterocycles. The molecule has 4 rings (SSSR count). The highest BCUT2D eigenvalue weighted by Crippen LogP contribution is 2.16. The molecule has 0 aliphatic rings. The maximum absolute atomic E-state index is 13.1. The fraction of sp³-hybridized carbons (Fsp3) is 0.150. The van der Waals surface area contributed by atoms with Gasteiger partial charge in [-0.1, -0.05) is 18.2 Å². The van der Waals surface area contributed by atoms with Gasteiger partial charge >= 0.3 is 0 Å². The molecule has 0 bridgehead atoms. The molecule has 0 fully saturated rings. The number of nitrogens with zero attached hydrogens (tertiary/aromatic N) is 5. The lowest BCUT2D eigenvalue weighted by atomic mass is 10.3. The SMILES string of the molecule is Cc1csc(=Nc2c(C)n(C)n(-c3ccccc3)c2=O)n1N=Cc1ccco1. The molecular formula is C20H19N5O2S. The Labute approximate surface area is 165 Å². The van der Waals surface area contributed by atoms with Crippen LogP contribution in [0.3, 0.4) is 0 Å². The first-order valence-electron chi connectivity index (χ1n) is 8.70. The normalized spacial score (nSPS) is 12.3. The minimum Gasteiger partial charge on any atom is -0.463 e. The third-order valence-electron chi connectivity index (χ3n) is 4.43. The van der Waals surface area contributed by atoms with Crippen LogP contribution >= 0.6 is 11.3 Å². The van der Waals surface area contributed by atoms with Gasteiger partial charge in [0.1, 0.15) is 5.76 Å². The van der Waals surface area contributed by atoms with Crippen molar-refractivity contribution < 1.29 is 4.42 Å². The highest BCUT2D eigenvalue weighted by molar-refractivity contribution is 7.07. The van der Waals surface area contributed by atoms with Gasteiger partial charge in [-0.15, -0.1) is 11.3 Å². The largest absolute Gasteiger partial charge is 0.463 e. The fourth-order valence-electron chi connectivity index (χ4n) is 2.86. The van der Waals surface area contributed by atoms with Crippen molar-refractivity contribution in [3.63, 3.8) is 0 Å². The molecule has 0 amide bonds. The van der Waals surface area contributed by atoms with Crippen LogP contribution in [-0.4, -0.2) is 20.3 Å². The van der Waals surface area contributed by atoms with Gasteiger partial charge < -0.3 is 4.42 Å². The summed E-state index contributed by atoms with van der Waals surface area (Å²) in [5.74, 6) is 0.645. The van der Waals surface area contributed by atoms with Gasteiger partial charge in [0.25, 0.3) is 5.56 Å². The van der Waals surface area contributed by atoms with Crippen LogP contribution in [0.15, 0.2) is 73.4 Å². The predicted octanol–water partition coefficient (Wildman–Crippen LogP) is 3.36. The quantitative estimate of drug-likeness (QED) is 0.499. The summed E-state index contributed by atoms with van der Waals surface area (Å²) in [6.45, 7) is 3.83. The Morgan fingerprint density at radius 2 is 1.89 bits per heavy atom. The standard InChI is InChI=1S/C20H19N5O2S/c1-14-13-28-20(24(14)21-12-17-10-7-11-27-17)22-18-15(2)23(3)25(19(18)26)16-8-5-4-6-9-16/h4-13H,1-3H3. The molecule has 0 atom stereocenters. The van der Waals surface area contributed by atoms with E-state index in [2.05, 4.69) is 10.1 Å². The van der Waals surface area contributed by atoms with E-state index in [1.54, 1.807) is 27.9 Å². The molecule has 28 heavy (non-hydrogen) atoms. The molecule has 0 saturated carbocycles. The first-order valence-corrected chi connectivity index (χ1v) is 9.58. The number of thiazole rings is 1.